The lowest BCUT2D eigenvalue weighted by molar-refractivity contribution is 0.347. The molecule has 3 heteroatoms. The first-order valence-corrected chi connectivity index (χ1v) is 8.72. The quantitative estimate of drug-likeness (QED) is 0.635. The van der Waals surface area contributed by atoms with Crippen LogP contribution in [-0.2, 0) is 0 Å². The van der Waals surface area contributed by atoms with Gasteiger partial charge in [0.1, 0.15) is 0 Å². The molecule has 0 rings (SSSR count). The summed E-state index contributed by atoms with van der Waals surface area (Å²) in [6.07, 6.45) is 0. The van der Waals surface area contributed by atoms with Gasteiger partial charge in [0.25, 0.3) is 0 Å². The van der Waals surface area contributed by atoms with Gasteiger partial charge in [0, 0.05) is 0 Å². The average molecular weight is 244 g/mol. The smallest absolute Gasteiger partial charge is 0.190 e. The van der Waals surface area contributed by atoms with Crippen molar-refractivity contribution in [1.29, 1.82) is 0 Å². The Morgan fingerprint density at radius 2 is 1.06 bits per heavy atom. The van der Waals surface area contributed by atoms with Crippen LogP contribution >= 0.6 is 0 Å². The van der Waals surface area contributed by atoms with Crippen molar-refractivity contribution < 1.29 is 0 Å². The van der Waals surface area contributed by atoms with E-state index in [-0.39, 0.29) is 0 Å². The van der Waals surface area contributed by atoms with Crippen molar-refractivity contribution in [3.63, 3.8) is 0 Å². The third-order valence-electron chi connectivity index (χ3n) is 3.26. The zero-order valence-electron chi connectivity index (χ0n) is 12.5. The van der Waals surface area contributed by atoms with E-state index >= 15 is 0 Å². The van der Waals surface area contributed by atoms with E-state index in [2.05, 4.69) is 57.6 Å². The second-order valence-electron chi connectivity index (χ2n) is 5.69. The van der Waals surface area contributed by atoms with Crippen molar-refractivity contribution in [2.45, 2.75) is 54.5 Å². The summed E-state index contributed by atoms with van der Waals surface area (Å²) in [5, 5.41) is 0. The molecule has 2 nitrogen and oxygen atoms in total. The van der Waals surface area contributed by atoms with Crippen LogP contribution in [0.25, 0.3) is 0 Å². The Kier molecular flexibility index (Phi) is 7.52. The molecule has 98 valence electrons. The van der Waals surface area contributed by atoms with Crippen LogP contribution in [0.3, 0.4) is 0 Å². The third-order valence-corrected chi connectivity index (χ3v) is 8.00. The molecule has 0 aliphatic heterocycles. The van der Waals surface area contributed by atoms with Crippen LogP contribution < -0.4 is 0 Å². The highest BCUT2D eigenvalue weighted by Gasteiger charge is 2.28. The van der Waals surface area contributed by atoms with Gasteiger partial charge in [-0.2, -0.15) is 0 Å². The number of rotatable bonds is 7. The number of nitrogens with zero attached hydrogens (tertiary/aromatic N) is 2. The maximum Gasteiger partial charge on any atom is 0.190 e. The topological polar surface area (TPSA) is 6.48 Å². The van der Waals surface area contributed by atoms with Gasteiger partial charge in [-0.3, -0.25) is 0 Å². The minimum atomic E-state index is -0.922. The van der Waals surface area contributed by atoms with E-state index < -0.39 is 9.12 Å². The van der Waals surface area contributed by atoms with E-state index in [4.69, 9.17) is 0 Å². The zero-order valence-corrected chi connectivity index (χ0v) is 13.7. The molecule has 0 fully saturated rings. The summed E-state index contributed by atoms with van der Waals surface area (Å²) in [5.41, 5.74) is 0.460. The van der Waals surface area contributed by atoms with Crippen LogP contribution in [0.1, 0.15) is 48.5 Å². The molecule has 0 aromatic heterocycles. The third kappa shape index (κ3) is 5.46. The van der Waals surface area contributed by atoms with Gasteiger partial charge in [-0.1, -0.05) is 48.5 Å². The molecule has 0 aliphatic carbocycles. The fourth-order valence-electron chi connectivity index (χ4n) is 2.33. The maximum atomic E-state index is 2.72. The molecule has 0 atom stereocenters. The van der Waals surface area contributed by atoms with Gasteiger partial charge in [0.2, 0.25) is 0 Å². The standard InChI is InChI=1S/C13H32N2Si/c1-8-14(9-2)16(12-13(5,6)7)15(10-3)11-4/h16H,8-12H2,1-7H3. The van der Waals surface area contributed by atoms with Crippen LogP contribution in [0.5, 0.6) is 0 Å². The molecule has 0 N–H and O–H groups in total. The van der Waals surface area contributed by atoms with Crippen molar-refractivity contribution in [2.75, 3.05) is 26.2 Å². The second kappa shape index (κ2) is 7.46. The van der Waals surface area contributed by atoms with Gasteiger partial charge < -0.3 is 9.13 Å². The number of hydrogen-bond donors (Lipinski definition) is 0. The second-order valence-corrected chi connectivity index (χ2v) is 8.52. The molecule has 0 aromatic rings. The van der Waals surface area contributed by atoms with Crippen LogP contribution in [-0.4, -0.2) is 44.4 Å². The minimum Gasteiger partial charge on any atom is -0.315 e. The van der Waals surface area contributed by atoms with E-state index in [9.17, 15) is 0 Å². The Morgan fingerprint density at radius 3 is 1.25 bits per heavy atom. The Balaban J connectivity index is 4.73. The molecular formula is C13H32N2Si. The van der Waals surface area contributed by atoms with Crippen LogP contribution in [0.15, 0.2) is 0 Å². The first kappa shape index (κ1) is 16.1. The summed E-state index contributed by atoms with van der Waals surface area (Å²) in [6.45, 7) is 21.2. The predicted molar refractivity (Wildman–Crippen MR) is 77.3 cm³/mol. The highest BCUT2D eigenvalue weighted by atomic mass is 28.3. The molecule has 0 heterocycles. The SMILES string of the molecule is CCN(CC)[SiH](CC(C)(C)C)N(CC)CC. The molecular weight excluding hydrogens is 212 g/mol. The van der Waals surface area contributed by atoms with E-state index in [0.29, 0.717) is 5.41 Å². The van der Waals surface area contributed by atoms with Crippen molar-refractivity contribution >= 4 is 9.12 Å². The van der Waals surface area contributed by atoms with E-state index in [0.717, 1.165) is 0 Å². The zero-order chi connectivity index (χ0) is 12.8. The van der Waals surface area contributed by atoms with Crippen molar-refractivity contribution in [1.82, 2.24) is 9.13 Å². The highest BCUT2D eigenvalue weighted by molar-refractivity contribution is 6.52. The van der Waals surface area contributed by atoms with Crippen LogP contribution in [0.4, 0.5) is 0 Å². The fraction of sp³-hybridized carbons (Fsp3) is 1.00. The molecule has 0 bridgehead atoms. The lowest BCUT2D eigenvalue weighted by atomic mass is 10.0. The summed E-state index contributed by atoms with van der Waals surface area (Å²) in [4.78, 5) is 0. The van der Waals surface area contributed by atoms with E-state index in [1.807, 2.05) is 0 Å². The Labute approximate surface area is 105 Å². The van der Waals surface area contributed by atoms with Gasteiger partial charge in [-0.25, -0.2) is 0 Å². The normalized spacial score (nSPS) is 13.1. The van der Waals surface area contributed by atoms with Crippen molar-refractivity contribution in [3.05, 3.63) is 0 Å². The summed E-state index contributed by atoms with van der Waals surface area (Å²) >= 11 is 0. The van der Waals surface area contributed by atoms with Crippen LogP contribution in [0.2, 0.25) is 6.04 Å². The molecule has 0 amide bonds. The number of hydrogen-bond acceptors (Lipinski definition) is 2. The first-order chi connectivity index (χ1) is 7.39. The van der Waals surface area contributed by atoms with Crippen molar-refractivity contribution in [3.8, 4) is 0 Å². The Morgan fingerprint density at radius 1 is 0.750 bits per heavy atom. The van der Waals surface area contributed by atoms with Gasteiger partial charge in [-0.15, -0.1) is 0 Å². The first-order valence-electron chi connectivity index (χ1n) is 6.87. The van der Waals surface area contributed by atoms with E-state index in [1.165, 1.54) is 32.2 Å². The average Bonchev–Trinajstić information content (AvgIpc) is 2.19. The van der Waals surface area contributed by atoms with E-state index in [1.54, 1.807) is 0 Å². The maximum absolute atomic E-state index is 2.72. The lowest BCUT2D eigenvalue weighted by Crippen LogP contribution is -2.54. The summed E-state index contributed by atoms with van der Waals surface area (Å²) < 4.78 is 5.44. The largest absolute Gasteiger partial charge is 0.315 e. The fourth-order valence-corrected chi connectivity index (χ4v) is 6.09. The highest BCUT2D eigenvalue weighted by Crippen LogP contribution is 2.24. The Hall–Kier alpha value is 0.137. The summed E-state index contributed by atoms with van der Waals surface area (Å²) in [6, 6.07) is 1.39. The molecule has 0 aliphatic rings. The van der Waals surface area contributed by atoms with Crippen LogP contribution in [0, 0.1) is 5.41 Å². The Bertz CT molecular complexity index is 157. The predicted octanol–water partition coefficient (Wildman–Crippen LogP) is 2.94. The molecule has 0 radical (unpaired) electrons. The minimum absolute atomic E-state index is 0.460. The van der Waals surface area contributed by atoms with Gasteiger partial charge in [0.05, 0.1) is 0 Å². The van der Waals surface area contributed by atoms with Crippen molar-refractivity contribution in [2.24, 2.45) is 5.41 Å². The molecule has 0 aromatic carbocycles. The van der Waals surface area contributed by atoms with Gasteiger partial charge >= 0.3 is 0 Å². The molecule has 0 saturated heterocycles. The molecule has 0 spiro atoms. The molecule has 0 unspecified atom stereocenters. The van der Waals surface area contributed by atoms with Gasteiger partial charge in [-0.05, 0) is 37.6 Å². The summed E-state index contributed by atoms with van der Waals surface area (Å²) in [5.74, 6) is 0. The summed E-state index contributed by atoms with van der Waals surface area (Å²) in [7, 11) is -0.922. The van der Waals surface area contributed by atoms with Gasteiger partial charge in [0.15, 0.2) is 9.12 Å². The molecule has 16 heavy (non-hydrogen) atoms. The monoisotopic (exact) mass is 244 g/mol. The molecule has 0 saturated carbocycles. The lowest BCUT2D eigenvalue weighted by Gasteiger charge is -2.39.